The average Bonchev–Trinajstić information content (AvgIpc) is 2.58. The van der Waals surface area contributed by atoms with Crippen molar-refractivity contribution in [3.05, 3.63) is 11.6 Å². The maximum absolute atomic E-state index is 13.1. The molecule has 1 aliphatic carbocycles. The van der Waals surface area contributed by atoms with Crippen LogP contribution in [-0.4, -0.2) is 50.5 Å². The van der Waals surface area contributed by atoms with Crippen molar-refractivity contribution >= 4 is 13.3 Å². The van der Waals surface area contributed by atoms with Crippen LogP contribution >= 0.6 is 7.37 Å². The summed E-state index contributed by atoms with van der Waals surface area (Å²) in [5.41, 5.74) is 0.249. The molecule has 1 saturated carbocycles. The van der Waals surface area contributed by atoms with E-state index in [2.05, 4.69) is 0 Å². The van der Waals surface area contributed by atoms with Crippen molar-refractivity contribution in [2.45, 2.75) is 51.9 Å². The van der Waals surface area contributed by atoms with Crippen molar-refractivity contribution in [3.63, 3.8) is 0 Å². The number of carboxylic acid groups (broad SMARTS) is 1. The lowest BCUT2D eigenvalue weighted by Gasteiger charge is -2.21. The molecule has 0 aromatic carbocycles. The molecule has 0 aromatic rings. The molecule has 0 saturated heterocycles. The van der Waals surface area contributed by atoms with E-state index in [1.165, 1.54) is 6.42 Å². The van der Waals surface area contributed by atoms with Gasteiger partial charge in [-0.2, -0.15) is 0 Å². The number of aliphatic carboxylic acids is 1. The zero-order chi connectivity index (χ0) is 18.5. The quantitative estimate of drug-likeness (QED) is 0.223. The molecule has 1 unspecified atom stereocenters. The molecule has 7 heteroatoms. The molecule has 0 heterocycles. The molecule has 0 amide bonds. The molecule has 0 spiro atoms. The van der Waals surface area contributed by atoms with Gasteiger partial charge in [-0.25, -0.2) is 4.79 Å². The van der Waals surface area contributed by atoms with Gasteiger partial charge in [-0.3, -0.25) is 4.57 Å². The van der Waals surface area contributed by atoms with E-state index in [4.69, 9.17) is 14.0 Å². The molecule has 1 aliphatic rings. The van der Waals surface area contributed by atoms with Crippen molar-refractivity contribution in [1.29, 1.82) is 0 Å². The van der Waals surface area contributed by atoms with Crippen LogP contribution in [0.15, 0.2) is 11.6 Å². The molecular weight excluding hydrogens is 343 g/mol. The van der Waals surface area contributed by atoms with Gasteiger partial charge < -0.3 is 19.1 Å². The van der Waals surface area contributed by atoms with Crippen molar-refractivity contribution in [2.24, 2.45) is 5.92 Å². The van der Waals surface area contributed by atoms with Crippen LogP contribution in [0.5, 0.6) is 0 Å². The summed E-state index contributed by atoms with van der Waals surface area (Å²) in [6.07, 6.45) is 9.19. The van der Waals surface area contributed by atoms with Gasteiger partial charge in [0.15, 0.2) is 0 Å². The van der Waals surface area contributed by atoms with E-state index in [1.807, 2.05) is 6.08 Å². The third-order valence-electron chi connectivity index (χ3n) is 4.38. The number of allylic oxidation sites excluding steroid dienone is 1. The van der Waals surface area contributed by atoms with Crippen LogP contribution in [0.1, 0.15) is 51.9 Å². The molecule has 1 N–H and O–H groups in total. The average molecular weight is 376 g/mol. The summed E-state index contributed by atoms with van der Waals surface area (Å²) in [6.45, 7) is 2.90. The van der Waals surface area contributed by atoms with Crippen LogP contribution in [0, 0.1) is 5.92 Å². The van der Waals surface area contributed by atoms with Crippen LogP contribution in [0.2, 0.25) is 0 Å². The highest BCUT2D eigenvalue weighted by atomic mass is 31.2. The number of rotatable bonds is 13. The number of carbonyl (C=O) groups is 1. The second kappa shape index (κ2) is 12.6. The Hall–Kier alpha value is -0.680. The Morgan fingerprint density at radius 1 is 1.24 bits per heavy atom. The summed E-state index contributed by atoms with van der Waals surface area (Å²) in [6, 6.07) is 0. The number of methoxy groups -OCH3 is 1. The van der Waals surface area contributed by atoms with Crippen LogP contribution in [0.3, 0.4) is 0 Å². The number of hydrogen-bond donors (Lipinski definition) is 1. The second-order valence-electron chi connectivity index (χ2n) is 6.53. The van der Waals surface area contributed by atoms with E-state index in [0.29, 0.717) is 25.8 Å². The minimum Gasteiger partial charge on any atom is -0.478 e. The van der Waals surface area contributed by atoms with Crippen molar-refractivity contribution < 1.29 is 28.5 Å². The van der Waals surface area contributed by atoms with Gasteiger partial charge in [-0.1, -0.05) is 25.3 Å². The van der Waals surface area contributed by atoms with Crippen molar-refractivity contribution in [1.82, 2.24) is 0 Å². The van der Waals surface area contributed by atoms with Crippen LogP contribution < -0.4 is 0 Å². The Balaban J connectivity index is 2.62. The molecule has 1 atom stereocenters. The lowest BCUT2D eigenvalue weighted by molar-refractivity contribution is -0.132. The number of carboxylic acids is 1. The van der Waals surface area contributed by atoms with Gasteiger partial charge in [-0.05, 0) is 38.5 Å². The fourth-order valence-electron chi connectivity index (χ4n) is 3.16. The maximum Gasteiger partial charge on any atom is 0.331 e. The first-order valence-corrected chi connectivity index (χ1v) is 11.2. The summed E-state index contributed by atoms with van der Waals surface area (Å²) >= 11 is 0. The van der Waals surface area contributed by atoms with Crippen LogP contribution in [0.25, 0.3) is 0 Å². The van der Waals surface area contributed by atoms with Gasteiger partial charge in [0.25, 0.3) is 0 Å². The molecule has 146 valence electrons. The third kappa shape index (κ3) is 9.55. The van der Waals surface area contributed by atoms with E-state index in [-0.39, 0.29) is 24.4 Å². The molecule has 0 bridgehead atoms. The third-order valence-corrected chi connectivity index (χ3v) is 6.92. The summed E-state index contributed by atoms with van der Waals surface area (Å²) in [7, 11) is -1.42. The zero-order valence-corrected chi connectivity index (χ0v) is 16.5. The van der Waals surface area contributed by atoms with Gasteiger partial charge in [0.1, 0.15) is 6.79 Å². The Morgan fingerprint density at radius 2 is 1.96 bits per heavy atom. The fraction of sp³-hybridized carbons (Fsp3) is 0.833. The zero-order valence-electron chi connectivity index (χ0n) is 15.6. The van der Waals surface area contributed by atoms with Gasteiger partial charge in [0, 0.05) is 25.5 Å². The largest absolute Gasteiger partial charge is 0.478 e. The topological polar surface area (TPSA) is 82.1 Å². The monoisotopic (exact) mass is 376 g/mol. The van der Waals surface area contributed by atoms with E-state index < -0.39 is 13.3 Å². The lowest BCUT2D eigenvalue weighted by Crippen LogP contribution is -2.13. The van der Waals surface area contributed by atoms with E-state index in [0.717, 1.165) is 32.1 Å². The summed E-state index contributed by atoms with van der Waals surface area (Å²) in [4.78, 5) is 11.6. The maximum atomic E-state index is 13.1. The first-order chi connectivity index (χ1) is 12.0. The Bertz CT molecular complexity index is 456. The molecule has 1 rings (SSSR count). The standard InChI is InChI=1S/C18H33O6P/c1-3-24-25(21,12-8-7-11-23-15-22-2)14-17(18(19)20)13-16-9-5-4-6-10-16/h13,16H,3-12,14-15H2,1-2H3,(H,19,20). The predicted octanol–water partition coefficient (Wildman–Crippen LogP) is 4.29. The first-order valence-electron chi connectivity index (χ1n) is 9.24. The van der Waals surface area contributed by atoms with Gasteiger partial charge in [0.2, 0.25) is 7.37 Å². The Morgan fingerprint density at radius 3 is 2.56 bits per heavy atom. The molecule has 1 fully saturated rings. The normalized spacial score (nSPS) is 18.9. The van der Waals surface area contributed by atoms with E-state index in [9.17, 15) is 14.5 Å². The summed E-state index contributed by atoms with van der Waals surface area (Å²) < 4.78 is 28.6. The van der Waals surface area contributed by atoms with Crippen molar-refractivity contribution in [3.8, 4) is 0 Å². The molecule has 6 nitrogen and oxygen atoms in total. The smallest absolute Gasteiger partial charge is 0.331 e. The first kappa shape index (κ1) is 22.4. The number of hydrogen-bond acceptors (Lipinski definition) is 5. The highest BCUT2D eigenvalue weighted by Gasteiger charge is 2.27. The molecule has 0 aromatic heterocycles. The fourth-order valence-corrected chi connectivity index (χ4v) is 5.47. The van der Waals surface area contributed by atoms with E-state index in [1.54, 1.807) is 14.0 Å². The van der Waals surface area contributed by atoms with Crippen LogP contribution in [-0.2, 0) is 23.4 Å². The molecule has 0 radical (unpaired) electrons. The van der Waals surface area contributed by atoms with Crippen molar-refractivity contribution in [2.75, 3.05) is 39.4 Å². The molecule has 25 heavy (non-hydrogen) atoms. The number of ether oxygens (including phenoxy) is 2. The predicted molar refractivity (Wildman–Crippen MR) is 98.3 cm³/mol. The van der Waals surface area contributed by atoms with Gasteiger partial charge in [-0.15, -0.1) is 0 Å². The van der Waals surface area contributed by atoms with Gasteiger partial charge >= 0.3 is 5.97 Å². The van der Waals surface area contributed by atoms with E-state index >= 15 is 0 Å². The molecule has 0 aliphatic heterocycles. The molecular formula is C18H33O6P. The summed E-state index contributed by atoms with van der Waals surface area (Å²) in [5, 5.41) is 9.53. The minimum atomic E-state index is -2.99. The van der Waals surface area contributed by atoms with Gasteiger partial charge in [0.05, 0.1) is 12.8 Å². The Kier molecular flexibility index (Phi) is 11.3. The lowest BCUT2D eigenvalue weighted by atomic mass is 9.88. The number of unbranched alkanes of at least 4 members (excludes halogenated alkanes) is 1. The second-order valence-corrected chi connectivity index (χ2v) is 9.18. The summed E-state index contributed by atoms with van der Waals surface area (Å²) in [5.74, 6) is -0.689. The Labute approximate surface area is 151 Å². The minimum absolute atomic E-state index is 0.0194. The highest BCUT2D eigenvalue weighted by Crippen LogP contribution is 2.49. The highest BCUT2D eigenvalue weighted by molar-refractivity contribution is 7.59. The SMILES string of the molecule is CCOP(=O)(CCCCOCOC)CC(=CC1CCCCC1)C(=O)O. The van der Waals surface area contributed by atoms with Crippen LogP contribution in [0.4, 0.5) is 0 Å².